The number of amides is 1. The van der Waals surface area contributed by atoms with Gasteiger partial charge in [0.05, 0.1) is 13.2 Å². The fourth-order valence-electron chi connectivity index (χ4n) is 1.26. The molecule has 0 saturated carbocycles. The van der Waals surface area contributed by atoms with E-state index in [1.807, 2.05) is 23.4 Å². The van der Waals surface area contributed by atoms with Gasteiger partial charge in [0.15, 0.2) is 0 Å². The molecule has 0 bridgehead atoms. The summed E-state index contributed by atoms with van der Waals surface area (Å²) in [5.74, 6) is -0.0628. The minimum Gasteiger partial charge on any atom is -0.395 e. The summed E-state index contributed by atoms with van der Waals surface area (Å²) in [5, 5.41) is 13.2. The average Bonchev–Trinajstić information content (AvgIpc) is 2.60. The van der Waals surface area contributed by atoms with Gasteiger partial charge in [-0.05, 0) is 29.0 Å². The lowest BCUT2D eigenvalue weighted by molar-refractivity contribution is -0.122. The molecule has 0 aliphatic heterocycles. The normalized spacial score (nSPS) is 10.8. The lowest BCUT2D eigenvalue weighted by atomic mass is 10.4. The van der Waals surface area contributed by atoms with E-state index in [1.165, 1.54) is 4.88 Å². The van der Waals surface area contributed by atoms with E-state index < -0.39 is 0 Å². The second-order valence-corrected chi connectivity index (χ2v) is 5.39. The van der Waals surface area contributed by atoms with Crippen molar-refractivity contribution in [2.24, 2.45) is 0 Å². The summed E-state index contributed by atoms with van der Waals surface area (Å²) in [6.45, 7) is 1.39. The molecule has 0 aliphatic carbocycles. The number of carbonyl (C=O) groups is 1. The van der Waals surface area contributed by atoms with Crippen LogP contribution in [-0.2, 0) is 11.3 Å². The zero-order valence-corrected chi connectivity index (χ0v) is 11.5. The number of halogens is 1. The largest absolute Gasteiger partial charge is 0.395 e. The number of carbonyl (C=O) groups excluding carboxylic acids is 1. The molecule has 1 aromatic heterocycles. The molecule has 90 valence electrons. The van der Waals surface area contributed by atoms with Crippen molar-refractivity contribution in [3.8, 4) is 0 Å². The van der Waals surface area contributed by atoms with Gasteiger partial charge in [-0.1, -0.05) is 0 Å². The van der Waals surface area contributed by atoms with E-state index in [0.717, 1.165) is 11.0 Å². The van der Waals surface area contributed by atoms with Crippen molar-refractivity contribution in [1.29, 1.82) is 0 Å². The van der Waals surface area contributed by atoms with Gasteiger partial charge in [0, 0.05) is 27.8 Å². The molecule has 1 amide bonds. The number of thiophene rings is 1. The van der Waals surface area contributed by atoms with Crippen LogP contribution in [0.15, 0.2) is 15.9 Å². The quantitative estimate of drug-likeness (QED) is 0.826. The first-order chi connectivity index (χ1) is 7.61. The van der Waals surface area contributed by atoms with E-state index in [1.54, 1.807) is 11.3 Å². The first-order valence-corrected chi connectivity index (χ1v) is 6.58. The summed E-state index contributed by atoms with van der Waals surface area (Å²) in [5.41, 5.74) is 0. The molecule has 0 atom stereocenters. The van der Waals surface area contributed by atoms with E-state index in [0.29, 0.717) is 13.1 Å². The molecule has 0 spiro atoms. The average molecular weight is 307 g/mol. The van der Waals surface area contributed by atoms with Crippen LogP contribution in [0.25, 0.3) is 0 Å². The topological polar surface area (TPSA) is 52.6 Å². The lowest BCUT2D eigenvalue weighted by Gasteiger charge is -2.14. The van der Waals surface area contributed by atoms with Crippen LogP contribution in [-0.4, -0.2) is 42.7 Å². The zero-order chi connectivity index (χ0) is 12.0. The van der Waals surface area contributed by atoms with Crippen molar-refractivity contribution in [2.45, 2.75) is 6.54 Å². The van der Waals surface area contributed by atoms with Crippen molar-refractivity contribution >= 4 is 33.2 Å². The molecule has 16 heavy (non-hydrogen) atoms. The number of hydrogen-bond donors (Lipinski definition) is 2. The van der Waals surface area contributed by atoms with Gasteiger partial charge in [-0.2, -0.15) is 0 Å². The maximum Gasteiger partial charge on any atom is 0.234 e. The maximum atomic E-state index is 11.3. The number of nitrogens with one attached hydrogen (secondary N) is 1. The summed E-state index contributed by atoms with van der Waals surface area (Å²) in [6, 6.07) is 2.05. The smallest absolute Gasteiger partial charge is 0.234 e. The standard InChI is InChI=1S/C10H15BrN2O2S/c1-13(6-10(15)12-2-3-14)5-9-4-8(11)7-16-9/h4,7,14H,2-3,5-6H2,1H3,(H,12,15). The van der Waals surface area contributed by atoms with Gasteiger partial charge in [-0.15, -0.1) is 11.3 Å². The Kier molecular flexibility index (Phi) is 5.97. The molecule has 0 unspecified atom stereocenters. The van der Waals surface area contributed by atoms with Gasteiger partial charge >= 0.3 is 0 Å². The third kappa shape index (κ3) is 5.07. The number of likely N-dealkylation sites (N-methyl/N-ethyl adjacent to an activating group) is 1. The molecular weight excluding hydrogens is 292 g/mol. The predicted octanol–water partition coefficient (Wildman–Crippen LogP) is 1.05. The Balaban J connectivity index is 2.30. The van der Waals surface area contributed by atoms with Gasteiger partial charge in [-0.3, -0.25) is 9.69 Å². The molecule has 1 rings (SSSR count). The minimum absolute atomic E-state index is 0.0205. The summed E-state index contributed by atoms with van der Waals surface area (Å²) >= 11 is 5.05. The Hall–Kier alpha value is -0.430. The van der Waals surface area contributed by atoms with E-state index >= 15 is 0 Å². The Morgan fingerprint density at radius 3 is 3.00 bits per heavy atom. The number of nitrogens with zero attached hydrogens (tertiary/aromatic N) is 1. The molecule has 0 fully saturated rings. The lowest BCUT2D eigenvalue weighted by Crippen LogP contribution is -2.36. The second-order valence-electron chi connectivity index (χ2n) is 3.48. The Bertz CT molecular complexity index is 343. The predicted molar refractivity (Wildman–Crippen MR) is 68.4 cm³/mol. The van der Waals surface area contributed by atoms with Gasteiger partial charge in [0.1, 0.15) is 0 Å². The van der Waals surface area contributed by atoms with Crippen LogP contribution in [0.3, 0.4) is 0 Å². The van der Waals surface area contributed by atoms with Crippen LogP contribution in [0, 0.1) is 0 Å². The minimum atomic E-state index is -0.0628. The van der Waals surface area contributed by atoms with Gasteiger partial charge in [-0.25, -0.2) is 0 Å². The highest BCUT2D eigenvalue weighted by atomic mass is 79.9. The van der Waals surface area contributed by atoms with Gasteiger partial charge in [0.25, 0.3) is 0 Å². The highest BCUT2D eigenvalue weighted by Gasteiger charge is 2.07. The zero-order valence-electron chi connectivity index (χ0n) is 9.07. The van der Waals surface area contributed by atoms with Gasteiger partial charge < -0.3 is 10.4 Å². The molecule has 6 heteroatoms. The van der Waals surface area contributed by atoms with Crippen LogP contribution in [0.2, 0.25) is 0 Å². The van der Waals surface area contributed by atoms with Crippen molar-refractivity contribution in [1.82, 2.24) is 10.2 Å². The molecule has 4 nitrogen and oxygen atoms in total. The number of aliphatic hydroxyl groups excluding tert-OH is 1. The molecule has 0 saturated heterocycles. The number of aliphatic hydroxyl groups is 1. The summed E-state index contributed by atoms with van der Waals surface area (Å²) < 4.78 is 1.07. The molecule has 0 aliphatic rings. The maximum absolute atomic E-state index is 11.3. The van der Waals surface area contributed by atoms with Crippen molar-refractivity contribution < 1.29 is 9.90 Å². The Labute approximate surface area is 107 Å². The monoisotopic (exact) mass is 306 g/mol. The molecule has 1 aromatic rings. The van der Waals surface area contributed by atoms with Crippen LogP contribution in [0.4, 0.5) is 0 Å². The highest BCUT2D eigenvalue weighted by molar-refractivity contribution is 9.10. The highest BCUT2D eigenvalue weighted by Crippen LogP contribution is 2.20. The van der Waals surface area contributed by atoms with Crippen LogP contribution in [0.1, 0.15) is 4.88 Å². The van der Waals surface area contributed by atoms with Crippen molar-refractivity contribution in [2.75, 3.05) is 26.7 Å². The number of hydrogen-bond acceptors (Lipinski definition) is 4. The molecule has 0 aromatic carbocycles. The van der Waals surface area contributed by atoms with Crippen molar-refractivity contribution in [3.05, 3.63) is 20.8 Å². The van der Waals surface area contributed by atoms with E-state index in [-0.39, 0.29) is 12.5 Å². The summed E-state index contributed by atoms with van der Waals surface area (Å²) in [7, 11) is 1.89. The number of rotatable bonds is 6. The van der Waals surface area contributed by atoms with E-state index in [2.05, 4.69) is 21.2 Å². The molecular formula is C10H15BrN2O2S. The van der Waals surface area contributed by atoms with Crippen LogP contribution in [0.5, 0.6) is 0 Å². The first kappa shape index (κ1) is 13.6. The van der Waals surface area contributed by atoms with E-state index in [4.69, 9.17) is 5.11 Å². The SMILES string of the molecule is CN(CC(=O)NCCO)Cc1cc(Br)cs1. The Morgan fingerprint density at radius 1 is 1.69 bits per heavy atom. The molecule has 1 heterocycles. The van der Waals surface area contributed by atoms with Crippen LogP contribution >= 0.6 is 27.3 Å². The Morgan fingerprint density at radius 2 is 2.44 bits per heavy atom. The summed E-state index contributed by atoms with van der Waals surface area (Å²) in [4.78, 5) is 14.5. The molecule has 2 N–H and O–H groups in total. The summed E-state index contributed by atoms with van der Waals surface area (Å²) in [6.07, 6.45) is 0. The second kappa shape index (κ2) is 7.01. The fourth-order valence-corrected chi connectivity index (χ4v) is 2.79. The third-order valence-electron chi connectivity index (χ3n) is 1.90. The molecule has 0 radical (unpaired) electrons. The third-order valence-corrected chi connectivity index (χ3v) is 3.58. The van der Waals surface area contributed by atoms with Gasteiger partial charge in [0.2, 0.25) is 5.91 Å². The van der Waals surface area contributed by atoms with E-state index in [9.17, 15) is 4.79 Å². The van der Waals surface area contributed by atoms with Crippen molar-refractivity contribution in [3.63, 3.8) is 0 Å². The van der Waals surface area contributed by atoms with Crippen LogP contribution < -0.4 is 5.32 Å². The first-order valence-electron chi connectivity index (χ1n) is 4.91. The fraction of sp³-hybridized carbons (Fsp3) is 0.500.